The van der Waals surface area contributed by atoms with E-state index in [1.807, 2.05) is 0 Å². The molecular weight excluding hydrogens is 327 g/mol. The van der Waals surface area contributed by atoms with E-state index in [4.69, 9.17) is 0 Å². The summed E-state index contributed by atoms with van der Waals surface area (Å²) >= 11 is 3.18. The van der Waals surface area contributed by atoms with Gasteiger partial charge in [0.15, 0.2) is 0 Å². The monoisotopic (exact) mass is 336 g/mol. The van der Waals surface area contributed by atoms with Gasteiger partial charge in [0.2, 0.25) is 0 Å². The van der Waals surface area contributed by atoms with Crippen molar-refractivity contribution >= 4 is 28.1 Å². The highest BCUT2D eigenvalue weighted by molar-refractivity contribution is 9.10. The van der Waals surface area contributed by atoms with Crippen LogP contribution in [0.25, 0.3) is 0 Å². The van der Waals surface area contributed by atoms with E-state index in [0.717, 1.165) is 0 Å². The lowest BCUT2D eigenvalue weighted by Crippen LogP contribution is -2.17. The summed E-state index contributed by atoms with van der Waals surface area (Å²) in [6.45, 7) is 0. The maximum Gasteiger partial charge on any atom is 0.271 e. The first-order chi connectivity index (χ1) is 9.56. The van der Waals surface area contributed by atoms with Gasteiger partial charge in [0, 0.05) is 5.56 Å². The van der Waals surface area contributed by atoms with Gasteiger partial charge < -0.3 is 5.11 Å². The van der Waals surface area contributed by atoms with Gasteiger partial charge in [-0.3, -0.25) is 4.79 Å². The molecule has 2 aromatic carbocycles. The maximum atomic E-state index is 12.7. The Hall–Kier alpha value is -2.21. The molecule has 0 spiro atoms. The summed E-state index contributed by atoms with van der Waals surface area (Å²) in [7, 11) is 0. The van der Waals surface area contributed by atoms with Crippen molar-refractivity contribution in [3.8, 4) is 5.75 Å². The third kappa shape index (κ3) is 3.64. The first-order valence-electron chi connectivity index (χ1n) is 5.64. The van der Waals surface area contributed by atoms with Crippen LogP contribution in [0, 0.1) is 5.82 Å². The predicted octanol–water partition coefficient (Wildman–Crippen LogP) is 3.06. The molecule has 0 aliphatic carbocycles. The van der Waals surface area contributed by atoms with Gasteiger partial charge in [-0.2, -0.15) is 5.10 Å². The molecule has 0 radical (unpaired) electrons. The molecule has 2 N–H and O–H groups in total. The summed E-state index contributed by atoms with van der Waals surface area (Å²) < 4.78 is 13.2. The first-order valence-corrected chi connectivity index (χ1v) is 6.43. The molecule has 0 saturated heterocycles. The molecule has 0 atom stereocenters. The van der Waals surface area contributed by atoms with Crippen LogP contribution >= 0.6 is 15.9 Å². The number of hydrazone groups is 1. The lowest BCUT2D eigenvalue weighted by molar-refractivity contribution is 0.0955. The maximum absolute atomic E-state index is 12.7. The van der Waals surface area contributed by atoms with Crippen molar-refractivity contribution in [1.82, 2.24) is 5.43 Å². The molecule has 0 unspecified atom stereocenters. The summed E-state index contributed by atoms with van der Waals surface area (Å²) in [6.07, 6.45) is 1.44. The number of hydrogen-bond donors (Lipinski definition) is 2. The number of rotatable bonds is 3. The lowest BCUT2D eigenvalue weighted by Gasteiger charge is -2.00. The van der Waals surface area contributed by atoms with E-state index in [2.05, 4.69) is 26.5 Å². The quantitative estimate of drug-likeness (QED) is 0.668. The summed E-state index contributed by atoms with van der Waals surface area (Å²) in [5.74, 6) is -0.712. The average molecular weight is 337 g/mol. The average Bonchev–Trinajstić information content (AvgIpc) is 2.43. The second kappa shape index (κ2) is 6.29. The van der Waals surface area contributed by atoms with Gasteiger partial charge in [0.25, 0.3) is 5.91 Å². The molecular formula is C14H10BrFN2O2. The summed E-state index contributed by atoms with van der Waals surface area (Å²) in [4.78, 5) is 11.7. The number of amides is 1. The van der Waals surface area contributed by atoms with Gasteiger partial charge in [-0.05, 0) is 64.0 Å². The Kier molecular flexibility index (Phi) is 4.47. The number of nitrogens with one attached hydrogen (secondary N) is 1. The Morgan fingerprint density at radius 3 is 2.60 bits per heavy atom. The van der Waals surface area contributed by atoms with Gasteiger partial charge in [0.05, 0.1) is 10.7 Å². The van der Waals surface area contributed by atoms with Crippen LogP contribution in [0.2, 0.25) is 0 Å². The van der Waals surface area contributed by atoms with Gasteiger partial charge in [-0.1, -0.05) is 0 Å². The minimum atomic E-state index is -0.431. The standard InChI is InChI=1S/C14H10BrFN2O2/c15-12-7-9(1-6-13(12)19)8-17-18-14(20)10-2-4-11(16)5-3-10/h1-8,19H,(H,18,20)/b17-8+. The van der Waals surface area contributed by atoms with Gasteiger partial charge in [0.1, 0.15) is 11.6 Å². The molecule has 1 amide bonds. The van der Waals surface area contributed by atoms with Crippen LogP contribution in [0.4, 0.5) is 4.39 Å². The Bertz CT molecular complexity index is 657. The number of halogens is 2. The van der Waals surface area contributed by atoms with Crippen LogP contribution in [-0.4, -0.2) is 17.2 Å². The van der Waals surface area contributed by atoms with Crippen LogP contribution in [0.5, 0.6) is 5.75 Å². The summed E-state index contributed by atoms with van der Waals surface area (Å²) in [5.41, 5.74) is 3.35. The molecule has 2 aromatic rings. The van der Waals surface area contributed by atoms with Crippen LogP contribution in [0.1, 0.15) is 15.9 Å². The predicted molar refractivity (Wildman–Crippen MR) is 77.3 cm³/mol. The smallest absolute Gasteiger partial charge is 0.271 e. The van der Waals surface area contributed by atoms with Crippen molar-refractivity contribution < 1.29 is 14.3 Å². The Morgan fingerprint density at radius 1 is 1.25 bits per heavy atom. The van der Waals surface area contributed by atoms with Gasteiger partial charge in [-0.25, -0.2) is 9.82 Å². The fraction of sp³-hybridized carbons (Fsp3) is 0. The Balaban J connectivity index is 2.00. The fourth-order valence-corrected chi connectivity index (χ4v) is 1.83. The van der Waals surface area contributed by atoms with E-state index in [0.29, 0.717) is 15.6 Å². The van der Waals surface area contributed by atoms with Crippen molar-refractivity contribution in [1.29, 1.82) is 0 Å². The second-order valence-corrected chi connectivity index (χ2v) is 4.77. The van der Waals surface area contributed by atoms with Gasteiger partial charge in [-0.15, -0.1) is 0 Å². The molecule has 2 rings (SSSR count). The Morgan fingerprint density at radius 2 is 1.95 bits per heavy atom. The van der Waals surface area contributed by atoms with E-state index in [9.17, 15) is 14.3 Å². The van der Waals surface area contributed by atoms with Crippen molar-refractivity contribution in [2.75, 3.05) is 0 Å². The van der Waals surface area contributed by atoms with Crippen molar-refractivity contribution in [2.45, 2.75) is 0 Å². The molecule has 0 bridgehead atoms. The molecule has 0 fully saturated rings. The third-order valence-electron chi connectivity index (χ3n) is 2.46. The topological polar surface area (TPSA) is 61.7 Å². The summed E-state index contributed by atoms with van der Waals surface area (Å²) in [5, 5.41) is 13.1. The van der Waals surface area contributed by atoms with E-state index in [1.165, 1.54) is 36.5 Å². The molecule has 102 valence electrons. The molecule has 6 heteroatoms. The van der Waals surface area contributed by atoms with E-state index in [-0.39, 0.29) is 5.75 Å². The second-order valence-electron chi connectivity index (χ2n) is 3.92. The van der Waals surface area contributed by atoms with Crippen molar-refractivity contribution in [3.05, 3.63) is 63.9 Å². The minimum absolute atomic E-state index is 0.123. The van der Waals surface area contributed by atoms with Crippen LogP contribution in [-0.2, 0) is 0 Å². The molecule has 0 aliphatic heterocycles. The third-order valence-corrected chi connectivity index (χ3v) is 3.09. The summed E-state index contributed by atoms with van der Waals surface area (Å²) in [6, 6.07) is 9.96. The number of carbonyl (C=O) groups is 1. The zero-order valence-electron chi connectivity index (χ0n) is 10.2. The zero-order valence-corrected chi connectivity index (χ0v) is 11.8. The number of phenolic OH excluding ortho intramolecular Hbond substituents is 1. The SMILES string of the molecule is O=C(N/N=C/c1ccc(O)c(Br)c1)c1ccc(F)cc1. The molecule has 0 aliphatic rings. The number of carbonyl (C=O) groups excluding carboxylic acids is 1. The van der Waals surface area contributed by atoms with Crippen LogP contribution in [0.15, 0.2) is 52.0 Å². The molecule has 20 heavy (non-hydrogen) atoms. The van der Waals surface area contributed by atoms with E-state index in [1.54, 1.807) is 12.1 Å². The minimum Gasteiger partial charge on any atom is -0.507 e. The zero-order chi connectivity index (χ0) is 14.5. The number of hydrogen-bond acceptors (Lipinski definition) is 3. The highest BCUT2D eigenvalue weighted by Gasteiger charge is 2.03. The number of benzene rings is 2. The molecule has 0 heterocycles. The Labute approximate surface area is 123 Å². The molecule has 4 nitrogen and oxygen atoms in total. The van der Waals surface area contributed by atoms with Crippen molar-refractivity contribution in [3.63, 3.8) is 0 Å². The highest BCUT2D eigenvalue weighted by Crippen LogP contribution is 2.23. The lowest BCUT2D eigenvalue weighted by atomic mass is 10.2. The molecule has 0 aromatic heterocycles. The normalized spacial score (nSPS) is 10.7. The van der Waals surface area contributed by atoms with E-state index < -0.39 is 11.7 Å². The largest absolute Gasteiger partial charge is 0.507 e. The first kappa shape index (κ1) is 14.2. The van der Waals surface area contributed by atoms with Crippen LogP contribution < -0.4 is 5.43 Å². The number of nitrogens with zero attached hydrogens (tertiary/aromatic N) is 1. The fourth-order valence-electron chi connectivity index (χ4n) is 1.43. The number of phenols is 1. The highest BCUT2D eigenvalue weighted by atomic mass is 79.9. The van der Waals surface area contributed by atoms with Gasteiger partial charge >= 0.3 is 0 Å². The number of aromatic hydroxyl groups is 1. The van der Waals surface area contributed by atoms with Crippen LogP contribution in [0.3, 0.4) is 0 Å². The molecule has 0 saturated carbocycles. The van der Waals surface area contributed by atoms with E-state index >= 15 is 0 Å². The van der Waals surface area contributed by atoms with Crippen molar-refractivity contribution in [2.24, 2.45) is 5.10 Å².